The van der Waals surface area contributed by atoms with Crippen molar-refractivity contribution >= 4 is 11.6 Å². The lowest BCUT2D eigenvalue weighted by Crippen LogP contribution is -3.14. The number of carbonyl (C=O) groups is 1. The zero-order valence-corrected chi connectivity index (χ0v) is 16.6. The normalized spacial score (nSPS) is 24.9. The first-order valence-electron chi connectivity index (χ1n) is 10.0. The van der Waals surface area contributed by atoms with Gasteiger partial charge in [-0.25, -0.2) is 5.01 Å². The molecule has 1 aromatic carbocycles. The van der Waals surface area contributed by atoms with Crippen molar-refractivity contribution in [2.45, 2.75) is 32.2 Å². The molecular weight excluding hydrogens is 354 g/mol. The molecule has 2 aliphatic rings. The molecular formula is C22H28N3O3+. The molecule has 0 radical (unpaired) electrons. The van der Waals surface area contributed by atoms with Crippen LogP contribution in [0.15, 0.2) is 52.2 Å². The molecule has 6 heteroatoms. The number of nitrogens with one attached hydrogen (secondary N) is 1. The molecule has 0 saturated carbocycles. The van der Waals surface area contributed by atoms with Crippen molar-refractivity contribution in [3.63, 3.8) is 0 Å². The van der Waals surface area contributed by atoms with Gasteiger partial charge in [0.15, 0.2) is 6.54 Å². The van der Waals surface area contributed by atoms with Gasteiger partial charge in [-0.3, -0.25) is 4.79 Å². The van der Waals surface area contributed by atoms with E-state index in [9.17, 15) is 4.79 Å². The number of nitrogens with zero attached hydrogens (tertiary/aromatic N) is 2. The summed E-state index contributed by atoms with van der Waals surface area (Å²) in [4.78, 5) is 14.5. The number of hydrogen-bond acceptors (Lipinski definition) is 4. The van der Waals surface area contributed by atoms with E-state index in [-0.39, 0.29) is 11.9 Å². The van der Waals surface area contributed by atoms with Crippen LogP contribution in [0.2, 0.25) is 0 Å². The first-order valence-corrected chi connectivity index (χ1v) is 10.0. The fraction of sp³-hybridized carbons (Fsp3) is 0.455. The van der Waals surface area contributed by atoms with E-state index in [0.717, 1.165) is 41.8 Å². The number of likely N-dealkylation sites (tertiary alicyclic amines) is 1. The molecule has 2 aliphatic heterocycles. The minimum atomic E-state index is -0.178. The van der Waals surface area contributed by atoms with Gasteiger partial charge in [-0.1, -0.05) is 6.92 Å². The number of amides is 1. The maximum atomic E-state index is 13.1. The maximum Gasteiger partial charge on any atom is 0.298 e. The molecule has 1 fully saturated rings. The summed E-state index contributed by atoms with van der Waals surface area (Å²) in [5, 5.41) is 6.36. The predicted octanol–water partition coefficient (Wildman–Crippen LogP) is 2.28. The van der Waals surface area contributed by atoms with Crippen molar-refractivity contribution in [3.05, 3.63) is 54.0 Å². The number of furan rings is 1. The topological polar surface area (TPSA) is 59.5 Å². The van der Waals surface area contributed by atoms with Crippen LogP contribution >= 0.6 is 0 Å². The third-order valence-corrected chi connectivity index (χ3v) is 5.84. The van der Waals surface area contributed by atoms with Crippen molar-refractivity contribution in [2.75, 3.05) is 26.7 Å². The van der Waals surface area contributed by atoms with Gasteiger partial charge in [-0.05, 0) is 60.7 Å². The molecule has 2 aromatic rings. The van der Waals surface area contributed by atoms with Crippen molar-refractivity contribution < 1.29 is 18.8 Å². The number of carbonyl (C=O) groups excluding carboxylic acids is 1. The summed E-state index contributed by atoms with van der Waals surface area (Å²) >= 11 is 0. The first-order chi connectivity index (χ1) is 13.6. The number of benzene rings is 1. The summed E-state index contributed by atoms with van der Waals surface area (Å²) in [6.45, 7) is 4.89. The van der Waals surface area contributed by atoms with Crippen LogP contribution in [-0.2, 0) is 4.79 Å². The molecule has 1 saturated heterocycles. The summed E-state index contributed by atoms with van der Waals surface area (Å²) in [5.41, 5.74) is 1.91. The number of hydrazone groups is 1. The minimum Gasteiger partial charge on any atom is -0.497 e. The van der Waals surface area contributed by atoms with Crippen LogP contribution < -0.4 is 9.64 Å². The van der Waals surface area contributed by atoms with Gasteiger partial charge in [0.1, 0.15) is 17.6 Å². The second-order valence-electron chi connectivity index (χ2n) is 7.86. The molecule has 6 nitrogen and oxygen atoms in total. The van der Waals surface area contributed by atoms with E-state index in [0.29, 0.717) is 13.0 Å². The number of ether oxygens (including phenoxy) is 1. The molecule has 4 rings (SSSR count). The Morgan fingerprint density at radius 2 is 2.00 bits per heavy atom. The van der Waals surface area contributed by atoms with Gasteiger partial charge in [-0.2, -0.15) is 5.10 Å². The monoisotopic (exact) mass is 382 g/mol. The Kier molecular flexibility index (Phi) is 5.48. The first kappa shape index (κ1) is 18.7. The smallest absolute Gasteiger partial charge is 0.298 e. The lowest BCUT2D eigenvalue weighted by Gasteiger charge is -2.28. The number of piperidine rings is 1. The summed E-state index contributed by atoms with van der Waals surface area (Å²) < 4.78 is 10.9. The Morgan fingerprint density at radius 3 is 2.64 bits per heavy atom. The van der Waals surface area contributed by atoms with Gasteiger partial charge >= 0.3 is 0 Å². The van der Waals surface area contributed by atoms with Gasteiger partial charge < -0.3 is 14.1 Å². The van der Waals surface area contributed by atoms with Crippen molar-refractivity contribution in [3.8, 4) is 5.75 Å². The second-order valence-corrected chi connectivity index (χ2v) is 7.86. The van der Waals surface area contributed by atoms with Gasteiger partial charge in [0.2, 0.25) is 0 Å². The van der Waals surface area contributed by atoms with Crippen molar-refractivity contribution in [1.82, 2.24) is 5.01 Å². The van der Waals surface area contributed by atoms with Crippen molar-refractivity contribution in [1.29, 1.82) is 0 Å². The quantitative estimate of drug-likeness (QED) is 0.863. The fourth-order valence-corrected chi connectivity index (χ4v) is 4.04. The van der Waals surface area contributed by atoms with E-state index in [4.69, 9.17) is 14.3 Å². The average Bonchev–Trinajstić information content (AvgIpc) is 3.39. The molecule has 1 aromatic heterocycles. The summed E-state index contributed by atoms with van der Waals surface area (Å²) in [7, 11) is 1.65. The molecule has 1 atom stereocenters. The largest absolute Gasteiger partial charge is 0.497 e. The van der Waals surface area contributed by atoms with Crippen LogP contribution in [0.1, 0.15) is 43.6 Å². The molecule has 1 amide bonds. The Labute approximate surface area is 165 Å². The number of methoxy groups -OCH3 is 1. The van der Waals surface area contributed by atoms with Crippen LogP contribution in [0, 0.1) is 5.92 Å². The van der Waals surface area contributed by atoms with E-state index < -0.39 is 0 Å². The highest BCUT2D eigenvalue weighted by Crippen LogP contribution is 2.33. The van der Waals surface area contributed by atoms with Gasteiger partial charge in [0.25, 0.3) is 5.91 Å². The summed E-state index contributed by atoms with van der Waals surface area (Å²) in [6, 6.07) is 11.4. The highest BCUT2D eigenvalue weighted by molar-refractivity contribution is 6.03. The standard InChI is InChI=1S/C22H27N3O3/c1-16-9-11-24(12-10-16)15-22(26)25-20(21-4-3-13-28-21)14-19(23-25)17-5-7-18(27-2)8-6-17/h3-8,13,16,20H,9-12,14-15H2,1-2H3/p+1/t20-/m0/s1. The van der Waals surface area contributed by atoms with Crippen LogP contribution in [0.4, 0.5) is 0 Å². The Balaban J connectivity index is 1.53. The molecule has 3 heterocycles. The van der Waals surface area contributed by atoms with Crippen LogP contribution in [0.25, 0.3) is 0 Å². The second kappa shape index (κ2) is 8.19. The molecule has 0 bridgehead atoms. The molecule has 0 aliphatic carbocycles. The van der Waals surface area contributed by atoms with Gasteiger partial charge in [0, 0.05) is 6.42 Å². The highest BCUT2D eigenvalue weighted by atomic mass is 16.5. The molecule has 0 spiro atoms. The lowest BCUT2D eigenvalue weighted by molar-refractivity contribution is -0.898. The lowest BCUT2D eigenvalue weighted by atomic mass is 9.99. The zero-order valence-electron chi connectivity index (χ0n) is 16.6. The third-order valence-electron chi connectivity index (χ3n) is 5.84. The van der Waals surface area contributed by atoms with Gasteiger partial charge in [0.05, 0.1) is 32.2 Å². The van der Waals surface area contributed by atoms with Crippen LogP contribution in [0.5, 0.6) is 5.75 Å². The van der Waals surface area contributed by atoms with E-state index in [1.54, 1.807) is 18.4 Å². The summed E-state index contributed by atoms with van der Waals surface area (Å²) in [6.07, 6.45) is 4.67. The number of hydrogen-bond donors (Lipinski definition) is 1. The third kappa shape index (κ3) is 3.97. The molecule has 28 heavy (non-hydrogen) atoms. The zero-order chi connectivity index (χ0) is 19.5. The van der Waals surface area contributed by atoms with E-state index in [1.807, 2.05) is 36.4 Å². The Hall–Kier alpha value is -2.60. The Morgan fingerprint density at radius 1 is 1.25 bits per heavy atom. The van der Waals surface area contributed by atoms with E-state index in [2.05, 4.69) is 6.92 Å². The SMILES string of the molecule is COc1ccc(C2=NN(C(=O)C[NH+]3CCC(C)CC3)[C@H](c3ccco3)C2)cc1. The van der Waals surface area contributed by atoms with E-state index >= 15 is 0 Å². The minimum absolute atomic E-state index is 0.0643. The Bertz CT molecular complexity index is 821. The summed E-state index contributed by atoms with van der Waals surface area (Å²) in [5.74, 6) is 2.42. The number of rotatable bonds is 5. The number of quaternary nitrogens is 1. The van der Waals surface area contributed by atoms with Crippen LogP contribution in [-0.4, -0.2) is 43.4 Å². The van der Waals surface area contributed by atoms with Crippen LogP contribution in [0.3, 0.4) is 0 Å². The molecule has 1 N–H and O–H groups in total. The molecule has 0 unspecified atom stereocenters. The fourth-order valence-electron chi connectivity index (χ4n) is 4.04. The highest BCUT2D eigenvalue weighted by Gasteiger charge is 2.36. The molecule has 148 valence electrons. The van der Waals surface area contributed by atoms with E-state index in [1.165, 1.54) is 17.7 Å². The predicted molar refractivity (Wildman–Crippen MR) is 106 cm³/mol. The van der Waals surface area contributed by atoms with Crippen molar-refractivity contribution in [2.24, 2.45) is 11.0 Å². The maximum absolute atomic E-state index is 13.1. The average molecular weight is 382 g/mol. The van der Waals surface area contributed by atoms with Gasteiger partial charge in [-0.15, -0.1) is 0 Å².